The first kappa shape index (κ1) is 12.7. The summed E-state index contributed by atoms with van der Waals surface area (Å²) in [5.41, 5.74) is 2.92. The summed E-state index contributed by atoms with van der Waals surface area (Å²) in [5, 5.41) is 5.52. The molecule has 0 amide bonds. The lowest BCUT2D eigenvalue weighted by molar-refractivity contribution is 0.811. The molecule has 2 nitrogen and oxygen atoms in total. The standard InChI is InChI=1S/C12H11Cl3N2/c1-2-11-8(6-13)7-16-17(11)12-4-3-9(14)5-10(12)15/h3-5,7H,2,6H2,1H3. The van der Waals surface area contributed by atoms with Crippen molar-refractivity contribution >= 4 is 34.8 Å². The van der Waals surface area contributed by atoms with E-state index in [-0.39, 0.29) is 0 Å². The average molecular weight is 290 g/mol. The van der Waals surface area contributed by atoms with Gasteiger partial charge in [-0.15, -0.1) is 11.6 Å². The molecule has 0 spiro atoms. The summed E-state index contributed by atoms with van der Waals surface area (Å²) in [6.07, 6.45) is 2.62. The minimum atomic E-state index is 0.453. The second-order valence-electron chi connectivity index (χ2n) is 3.61. The molecular weight excluding hydrogens is 279 g/mol. The summed E-state index contributed by atoms with van der Waals surface area (Å²) in [5.74, 6) is 0.453. The Hall–Kier alpha value is -0.700. The fourth-order valence-corrected chi connectivity index (χ4v) is 2.47. The zero-order valence-corrected chi connectivity index (χ0v) is 11.5. The van der Waals surface area contributed by atoms with Gasteiger partial charge in [-0.05, 0) is 24.6 Å². The molecule has 0 atom stereocenters. The molecule has 1 aromatic heterocycles. The van der Waals surface area contributed by atoms with Gasteiger partial charge in [-0.3, -0.25) is 0 Å². The van der Waals surface area contributed by atoms with E-state index in [4.69, 9.17) is 34.8 Å². The van der Waals surface area contributed by atoms with Crippen LogP contribution in [0, 0.1) is 0 Å². The van der Waals surface area contributed by atoms with Gasteiger partial charge in [-0.25, -0.2) is 4.68 Å². The van der Waals surface area contributed by atoms with E-state index >= 15 is 0 Å². The molecule has 0 aliphatic heterocycles. The van der Waals surface area contributed by atoms with E-state index in [9.17, 15) is 0 Å². The number of rotatable bonds is 3. The number of alkyl halides is 1. The summed E-state index contributed by atoms with van der Waals surface area (Å²) in [7, 11) is 0. The van der Waals surface area contributed by atoms with Crippen LogP contribution < -0.4 is 0 Å². The Bertz CT molecular complexity index is 535. The highest BCUT2D eigenvalue weighted by Crippen LogP contribution is 2.26. The lowest BCUT2D eigenvalue weighted by atomic mass is 10.2. The van der Waals surface area contributed by atoms with Gasteiger partial charge in [-0.1, -0.05) is 30.1 Å². The molecule has 2 rings (SSSR count). The number of aromatic nitrogens is 2. The first-order valence-corrected chi connectivity index (χ1v) is 6.53. The summed E-state index contributed by atoms with van der Waals surface area (Å²) in [6.45, 7) is 2.06. The van der Waals surface area contributed by atoms with Gasteiger partial charge in [0.2, 0.25) is 0 Å². The largest absolute Gasteiger partial charge is 0.236 e. The van der Waals surface area contributed by atoms with Crippen molar-refractivity contribution in [1.29, 1.82) is 0 Å². The molecule has 0 fully saturated rings. The fraction of sp³-hybridized carbons (Fsp3) is 0.250. The van der Waals surface area contributed by atoms with Gasteiger partial charge in [0, 0.05) is 16.3 Å². The molecule has 0 saturated heterocycles. The molecule has 0 aliphatic rings. The SMILES string of the molecule is CCc1c(CCl)cnn1-c1ccc(Cl)cc1Cl. The third kappa shape index (κ3) is 2.44. The number of halogens is 3. The van der Waals surface area contributed by atoms with Gasteiger partial charge in [0.25, 0.3) is 0 Å². The van der Waals surface area contributed by atoms with Crippen molar-refractivity contribution < 1.29 is 0 Å². The maximum atomic E-state index is 6.17. The van der Waals surface area contributed by atoms with E-state index < -0.39 is 0 Å². The second kappa shape index (κ2) is 5.30. The van der Waals surface area contributed by atoms with E-state index in [2.05, 4.69) is 12.0 Å². The maximum Gasteiger partial charge on any atom is 0.0836 e. The predicted octanol–water partition coefficient (Wildman–Crippen LogP) is 4.48. The van der Waals surface area contributed by atoms with Crippen molar-refractivity contribution in [2.75, 3.05) is 0 Å². The van der Waals surface area contributed by atoms with Gasteiger partial charge < -0.3 is 0 Å². The molecule has 0 unspecified atom stereocenters. The monoisotopic (exact) mass is 288 g/mol. The van der Waals surface area contributed by atoms with Gasteiger partial charge in [0.1, 0.15) is 0 Å². The van der Waals surface area contributed by atoms with Crippen molar-refractivity contribution in [2.45, 2.75) is 19.2 Å². The molecule has 0 aliphatic carbocycles. The van der Waals surface area contributed by atoms with Crippen LogP contribution in [0.3, 0.4) is 0 Å². The molecule has 5 heteroatoms. The number of nitrogens with zero attached hydrogens (tertiary/aromatic N) is 2. The van der Waals surface area contributed by atoms with E-state index in [1.165, 1.54) is 0 Å². The van der Waals surface area contributed by atoms with Crippen molar-refractivity contribution in [3.05, 3.63) is 45.7 Å². The molecule has 90 valence electrons. The molecular formula is C12H11Cl3N2. The third-order valence-corrected chi connectivity index (χ3v) is 3.40. The average Bonchev–Trinajstić information content (AvgIpc) is 2.71. The van der Waals surface area contributed by atoms with Gasteiger partial charge in [0.05, 0.1) is 22.8 Å². The first-order chi connectivity index (χ1) is 8.17. The smallest absolute Gasteiger partial charge is 0.0836 e. The van der Waals surface area contributed by atoms with E-state index in [1.807, 2.05) is 10.7 Å². The number of hydrogen-bond acceptors (Lipinski definition) is 1. The molecule has 2 aromatic rings. The van der Waals surface area contributed by atoms with Crippen molar-refractivity contribution in [2.24, 2.45) is 0 Å². The maximum absolute atomic E-state index is 6.17. The zero-order valence-electron chi connectivity index (χ0n) is 9.25. The van der Waals surface area contributed by atoms with Crippen LogP contribution in [-0.4, -0.2) is 9.78 Å². The fourth-order valence-electron chi connectivity index (χ4n) is 1.76. The van der Waals surface area contributed by atoms with Gasteiger partial charge >= 0.3 is 0 Å². The van der Waals surface area contributed by atoms with Crippen molar-refractivity contribution in [3.8, 4) is 5.69 Å². The van der Waals surface area contributed by atoms with Crippen LogP contribution in [0.5, 0.6) is 0 Å². The topological polar surface area (TPSA) is 17.8 Å². The number of hydrogen-bond donors (Lipinski definition) is 0. The second-order valence-corrected chi connectivity index (χ2v) is 4.72. The van der Waals surface area contributed by atoms with Crippen molar-refractivity contribution in [3.63, 3.8) is 0 Å². The normalized spacial score (nSPS) is 10.8. The summed E-state index contributed by atoms with van der Waals surface area (Å²) in [6, 6.07) is 5.36. The quantitative estimate of drug-likeness (QED) is 0.762. The molecule has 0 N–H and O–H groups in total. The Kier molecular flexibility index (Phi) is 3.97. The number of benzene rings is 1. The summed E-state index contributed by atoms with van der Waals surface area (Å²) in [4.78, 5) is 0. The highest BCUT2D eigenvalue weighted by Gasteiger charge is 2.12. The Balaban J connectivity index is 2.56. The van der Waals surface area contributed by atoms with Crippen LogP contribution in [0.2, 0.25) is 10.0 Å². The molecule has 1 aromatic carbocycles. The van der Waals surface area contributed by atoms with E-state index in [1.54, 1.807) is 18.3 Å². The zero-order chi connectivity index (χ0) is 12.4. The summed E-state index contributed by atoms with van der Waals surface area (Å²) >= 11 is 17.9. The molecule has 0 bridgehead atoms. The third-order valence-electron chi connectivity index (χ3n) is 2.57. The molecule has 0 radical (unpaired) electrons. The molecule has 1 heterocycles. The first-order valence-electron chi connectivity index (χ1n) is 5.24. The lowest BCUT2D eigenvalue weighted by Crippen LogP contribution is -2.03. The minimum Gasteiger partial charge on any atom is -0.236 e. The van der Waals surface area contributed by atoms with Crippen LogP contribution in [0.15, 0.2) is 24.4 Å². The highest BCUT2D eigenvalue weighted by atomic mass is 35.5. The Morgan fingerprint density at radius 1 is 1.29 bits per heavy atom. The predicted molar refractivity (Wildman–Crippen MR) is 72.5 cm³/mol. The Labute approximate surface area is 115 Å². The van der Waals surface area contributed by atoms with Gasteiger partial charge in [0.15, 0.2) is 0 Å². The highest BCUT2D eigenvalue weighted by molar-refractivity contribution is 6.35. The van der Waals surface area contributed by atoms with E-state index in [0.29, 0.717) is 15.9 Å². The molecule has 17 heavy (non-hydrogen) atoms. The van der Waals surface area contributed by atoms with Crippen molar-refractivity contribution in [1.82, 2.24) is 9.78 Å². The lowest BCUT2D eigenvalue weighted by Gasteiger charge is -2.09. The van der Waals surface area contributed by atoms with Crippen LogP contribution in [0.1, 0.15) is 18.2 Å². The van der Waals surface area contributed by atoms with E-state index in [0.717, 1.165) is 23.4 Å². The van der Waals surface area contributed by atoms with Crippen LogP contribution in [0.4, 0.5) is 0 Å². The Morgan fingerprint density at radius 2 is 2.06 bits per heavy atom. The van der Waals surface area contributed by atoms with Crippen LogP contribution in [-0.2, 0) is 12.3 Å². The van der Waals surface area contributed by atoms with Crippen LogP contribution >= 0.6 is 34.8 Å². The van der Waals surface area contributed by atoms with Crippen LogP contribution in [0.25, 0.3) is 5.69 Å². The molecule has 0 saturated carbocycles. The minimum absolute atomic E-state index is 0.453. The summed E-state index contributed by atoms with van der Waals surface area (Å²) < 4.78 is 1.82. The Morgan fingerprint density at radius 3 is 2.65 bits per heavy atom. The van der Waals surface area contributed by atoms with Gasteiger partial charge in [-0.2, -0.15) is 5.10 Å².